The number of esters is 1. The zero-order chi connectivity index (χ0) is 21.7. The van der Waals surface area contributed by atoms with Crippen LogP contribution in [-0.2, 0) is 4.74 Å². The third-order valence-electron chi connectivity index (χ3n) is 3.86. The van der Waals surface area contributed by atoms with Crippen molar-refractivity contribution in [2.75, 3.05) is 17.2 Å². The first-order chi connectivity index (χ1) is 14.4. The molecule has 0 atom stereocenters. The van der Waals surface area contributed by atoms with Crippen LogP contribution in [0.4, 0.5) is 37.5 Å². The monoisotopic (exact) mass is 415 g/mol. The molecule has 0 fully saturated rings. The molecular weight excluding hydrogens is 400 g/mol. The molecule has 11 heteroatoms. The van der Waals surface area contributed by atoms with Crippen LogP contribution >= 0.6 is 0 Å². The highest BCUT2D eigenvalue weighted by Crippen LogP contribution is 2.34. The van der Waals surface area contributed by atoms with E-state index in [4.69, 9.17) is 4.74 Å². The van der Waals surface area contributed by atoms with Crippen molar-refractivity contribution >= 4 is 34.7 Å². The molecule has 9 nitrogen and oxygen atoms in total. The molecule has 154 valence electrons. The molecule has 1 aromatic heterocycles. The number of carbonyl (C=O) groups excluding carboxylic acids is 1. The molecule has 0 saturated carbocycles. The van der Waals surface area contributed by atoms with Gasteiger partial charge in [0.2, 0.25) is 11.6 Å². The van der Waals surface area contributed by atoms with Crippen molar-refractivity contribution in [1.82, 2.24) is 9.97 Å². The number of halogens is 2. The molecule has 30 heavy (non-hydrogen) atoms. The van der Waals surface area contributed by atoms with Gasteiger partial charge in [0.1, 0.15) is 18.0 Å². The Kier molecular flexibility index (Phi) is 6.11. The minimum absolute atomic E-state index is 0.145. The number of nitrogens with one attached hydrogen (secondary N) is 2. The van der Waals surface area contributed by atoms with Gasteiger partial charge in [-0.3, -0.25) is 10.1 Å². The Labute approximate surface area is 168 Å². The van der Waals surface area contributed by atoms with Gasteiger partial charge in [-0.25, -0.2) is 23.5 Å². The number of carbonyl (C=O) groups is 1. The number of aromatic nitrogens is 2. The first-order valence-electron chi connectivity index (χ1n) is 8.65. The highest BCUT2D eigenvalue weighted by atomic mass is 19.1. The minimum atomic E-state index is -0.954. The van der Waals surface area contributed by atoms with Gasteiger partial charge in [-0.05, 0) is 31.2 Å². The van der Waals surface area contributed by atoms with E-state index in [1.807, 2.05) is 0 Å². The van der Waals surface area contributed by atoms with Crippen LogP contribution in [0.5, 0.6) is 0 Å². The lowest BCUT2D eigenvalue weighted by molar-refractivity contribution is -0.383. The lowest BCUT2D eigenvalue weighted by Gasteiger charge is -2.12. The summed E-state index contributed by atoms with van der Waals surface area (Å²) in [5, 5.41) is 16.9. The summed E-state index contributed by atoms with van der Waals surface area (Å²) in [4.78, 5) is 30.7. The van der Waals surface area contributed by atoms with Gasteiger partial charge in [0.15, 0.2) is 0 Å². The normalized spacial score (nSPS) is 10.4. The summed E-state index contributed by atoms with van der Waals surface area (Å²) in [5.41, 5.74) is -0.445. The van der Waals surface area contributed by atoms with Crippen molar-refractivity contribution < 1.29 is 23.2 Å². The van der Waals surface area contributed by atoms with E-state index in [9.17, 15) is 23.7 Å². The SMILES string of the molecule is CCOC(=O)c1ccccc1Nc1ncnc(Nc2ccc(F)cc2F)c1[N+](=O)[O-]. The zero-order valence-corrected chi connectivity index (χ0v) is 15.6. The van der Waals surface area contributed by atoms with E-state index in [0.717, 1.165) is 18.5 Å². The number of nitro groups is 1. The summed E-state index contributed by atoms with van der Waals surface area (Å²) in [6.07, 6.45) is 1.02. The van der Waals surface area contributed by atoms with Crippen molar-refractivity contribution in [2.24, 2.45) is 0 Å². The average Bonchev–Trinajstić information content (AvgIpc) is 2.70. The number of hydrogen-bond acceptors (Lipinski definition) is 8. The number of para-hydroxylation sites is 1. The molecule has 0 aliphatic carbocycles. The molecule has 0 unspecified atom stereocenters. The first kappa shape index (κ1) is 20.6. The zero-order valence-electron chi connectivity index (χ0n) is 15.6. The van der Waals surface area contributed by atoms with E-state index < -0.39 is 28.2 Å². The topological polar surface area (TPSA) is 119 Å². The quantitative estimate of drug-likeness (QED) is 0.332. The Hall–Kier alpha value is -4.15. The lowest BCUT2D eigenvalue weighted by Crippen LogP contribution is -2.10. The van der Waals surface area contributed by atoms with Crippen LogP contribution in [0.15, 0.2) is 48.8 Å². The van der Waals surface area contributed by atoms with Gasteiger partial charge in [0, 0.05) is 6.07 Å². The van der Waals surface area contributed by atoms with Gasteiger partial charge in [-0.2, -0.15) is 0 Å². The van der Waals surface area contributed by atoms with E-state index in [1.165, 1.54) is 12.1 Å². The number of nitrogens with zero attached hydrogens (tertiary/aromatic N) is 3. The number of anilines is 4. The van der Waals surface area contributed by atoms with Crippen LogP contribution in [0.2, 0.25) is 0 Å². The first-order valence-corrected chi connectivity index (χ1v) is 8.65. The van der Waals surface area contributed by atoms with Crippen molar-refractivity contribution in [3.8, 4) is 0 Å². The second kappa shape index (κ2) is 8.90. The van der Waals surface area contributed by atoms with Gasteiger partial charge in [0.05, 0.1) is 28.5 Å². The number of ether oxygens (including phenoxy) is 1. The standard InChI is InChI=1S/C19H15F2N5O4/c1-2-30-19(27)12-5-3-4-6-14(12)24-17-16(26(28)29)18(23-10-22-17)25-15-8-7-11(20)9-13(15)21/h3-10H,2H2,1H3,(H2,22,23,24,25). The van der Waals surface area contributed by atoms with Crippen molar-refractivity contribution in [3.63, 3.8) is 0 Å². The summed E-state index contributed by atoms with van der Waals surface area (Å²) in [6.45, 7) is 1.80. The number of benzene rings is 2. The van der Waals surface area contributed by atoms with Gasteiger partial charge < -0.3 is 15.4 Å². The molecule has 0 bridgehead atoms. The maximum atomic E-state index is 13.9. The Bertz CT molecular complexity index is 1110. The average molecular weight is 415 g/mol. The molecule has 0 aliphatic rings. The molecule has 0 radical (unpaired) electrons. The largest absolute Gasteiger partial charge is 0.462 e. The molecule has 0 amide bonds. The maximum absolute atomic E-state index is 13.9. The molecular formula is C19H15F2N5O4. The van der Waals surface area contributed by atoms with E-state index in [2.05, 4.69) is 20.6 Å². The molecule has 3 aromatic rings. The predicted molar refractivity (Wildman–Crippen MR) is 104 cm³/mol. The third-order valence-corrected chi connectivity index (χ3v) is 3.86. The van der Waals surface area contributed by atoms with Crippen LogP contribution in [0.3, 0.4) is 0 Å². The van der Waals surface area contributed by atoms with E-state index in [0.29, 0.717) is 6.07 Å². The van der Waals surface area contributed by atoms with E-state index in [-0.39, 0.29) is 35.2 Å². The molecule has 2 aromatic carbocycles. The number of hydrogen-bond donors (Lipinski definition) is 2. The fraction of sp³-hybridized carbons (Fsp3) is 0.105. The van der Waals surface area contributed by atoms with E-state index >= 15 is 0 Å². The third kappa shape index (κ3) is 4.46. The molecule has 3 rings (SSSR count). The smallest absolute Gasteiger partial charge is 0.353 e. The van der Waals surface area contributed by atoms with Crippen LogP contribution in [0.25, 0.3) is 0 Å². The fourth-order valence-electron chi connectivity index (χ4n) is 2.56. The lowest BCUT2D eigenvalue weighted by atomic mass is 10.1. The predicted octanol–water partition coefficient (Wildman–Crippen LogP) is 4.33. The Balaban J connectivity index is 2.00. The fourth-order valence-corrected chi connectivity index (χ4v) is 2.56. The Morgan fingerprint density at radius 1 is 1.10 bits per heavy atom. The second-order valence-electron chi connectivity index (χ2n) is 5.82. The second-order valence-corrected chi connectivity index (χ2v) is 5.82. The summed E-state index contributed by atoms with van der Waals surface area (Å²) < 4.78 is 32.0. The van der Waals surface area contributed by atoms with Crippen LogP contribution < -0.4 is 10.6 Å². The Morgan fingerprint density at radius 3 is 2.40 bits per heavy atom. The molecule has 1 heterocycles. The summed E-state index contributed by atoms with van der Waals surface area (Å²) in [6, 6.07) is 8.93. The van der Waals surface area contributed by atoms with Gasteiger partial charge in [0.25, 0.3) is 0 Å². The van der Waals surface area contributed by atoms with Crippen molar-refractivity contribution in [3.05, 3.63) is 76.1 Å². The van der Waals surface area contributed by atoms with Crippen LogP contribution in [0, 0.1) is 21.7 Å². The molecule has 0 saturated heterocycles. The van der Waals surface area contributed by atoms with Crippen molar-refractivity contribution in [2.45, 2.75) is 6.92 Å². The summed E-state index contributed by atoms with van der Waals surface area (Å²) >= 11 is 0. The molecule has 2 N–H and O–H groups in total. The van der Waals surface area contributed by atoms with Crippen LogP contribution in [0.1, 0.15) is 17.3 Å². The molecule has 0 aliphatic heterocycles. The maximum Gasteiger partial charge on any atom is 0.353 e. The van der Waals surface area contributed by atoms with Gasteiger partial charge >= 0.3 is 11.7 Å². The van der Waals surface area contributed by atoms with E-state index in [1.54, 1.807) is 19.1 Å². The summed E-state index contributed by atoms with van der Waals surface area (Å²) in [5.74, 6) is -2.93. The highest BCUT2D eigenvalue weighted by molar-refractivity contribution is 5.97. The number of rotatable bonds is 7. The summed E-state index contributed by atoms with van der Waals surface area (Å²) in [7, 11) is 0. The van der Waals surface area contributed by atoms with Gasteiger partial charge in [-0.15, -0.1) is 0 Å². The van der Waals surface area contributed by atoms with Crippen molar-refractivity contribution in [1.29, 1.82) is 0 Å². The Morgan fingerprint density at radius 2 is 1.77 bits per heavy atom. The highest BCUT2D eigenvalue weighted by Gasteiger charge is 2.25. The van der Waals surface area contributed by atoms with Gasteiger partial charge in [-0.1, -0.05) is 12.1 Å². The molecule has 0 spiro atoms. The van der Waals surface area contributed by atoms with Crippen LogP contribution in [-0.4, -0.2) is 27.5 Å². The minimum Gasteiger partial charge on any atom is -0.462 e.